The molecular weight excluding hydrogens is 302 g/mol. The van der Waals surface area contributed by atoms with E-state index < -0.39 is 5.60 Å². The number of nitrogens with zero attached hydrogens (tertiary/aromatic N) is 1. The Bertz CT molecular complexity index is 713. The van der Waals surface area contributed by atoms with E-state index in [9.17, 15) is 4.79 Å². The Morgan fingerprint density at radius 2 is 2.04 bits per heavy atom. The van der Waals surface area contributed by atoms with E-state index in [4.69, 9.17) is 4.74 Å². The Kier molecular flexibility index (Phi) is 5.54. The van der Waals surface area contributed by atoms with Gasteiger partial charge in [0.05, 0.1) is 0 Å². The molecule has 0 bridgehead atoms. The molecule has 1 unspecified atom stereocenters. The van der Waals surface area contributed by atoms with Crippen molar-refractivity contribution >= 4 is 17.0 Å². The van der Waals surface area contributed by atoms with Gasteiger partial charge in [0.2, 0.25) is 0 Å². The molecule has 0 spiro atoms. The minimum atomic E-state index is -0.495. The first-order valence-electron chi connectivity index (χ1n) is 8.38. The van der Waals surface area contributed by atoms with Crippen molar-refractivity contribution in [2.75, 3.05) is 13.6 Å². The molecule has 5 heteroatoms. The topological polar surface area (TPSA) is 55.3 Å². The molecule has 0 aliphatic rings. The van der Waals surface area contributed by atoms with Gasteiger partial charge in [-0.05, 0) is 58.9 Å². The zero-order valence-corrected chi connectivity index (χ0v) is 15.6. The molecule has 0 fully saturated rings. The van der Waals surface area contributed by atoms with Crippen LogP contribution in [0.5, 0.6) is 0 Å². The van der Waals surface area contributed by atoms with Gasteiger partial charge in [0, 0.05) is 36.7 Å². The quantitative estimate of drug-likeness (QED) is 0.885. The number of amides is 1. The van der Waals surface area contributed by atoms with Crippen LogP contribution in [0.15, 0.2) is 24.4 Å². The average molecular weight is 331 g/mol. The van der Waals surface area contributed by atoms with E-state index in [1.807, 2.05) is 27.8 Å². The molecule has 2 rings (SSSR count). The molecule has 1 amide bonds. The summed E-state index contributed by atoms with van der Waals surface area (Å²) in [5.41, 5.74) is 3.17. The van der Waals surface area contributed by atoms with Gasteiger partial charge in [-0.2, -0.15) is 0 Å². The fourth-order valence-corrected chi connectivity index (χ4v) is 2.91. The minimum absolute atomic E-state index is 0.0315. The fourth-order valence-electron chi connectivity index (χ4n) is 2.91. The first-order valence-corrected chi connectivity index (χ1v) is 8.38. The lowest BCUT2D eigenvalue weighted by Crippen LogP contribution is -2.44. The van der Waals surface area contributed by atoms with E-state index in [0.29, 0.717) is 6.54 Å². The minimum Gasteiger partial charge on any atom is -0.444 e. The summed E-state index contributed by atoms with van der Waals surface area (Å²) < 4.78 is 7.51. The van der Waals surface area contributed by atoms with Crippen molar-refractivity contribution < 1.29 is 9.53 Å². The second-order valence-corrected chi connectivity index (χ2v) is 7.39. The zero-order valence-electron chi connectivity index (χ0n) is 15.6. The van der Waals surface area contributed by atoms with Crippen LogP contribution in [0.25, 0.3) is 10.9 Å². The maximum atomic E-state index is 12.1. The second kappa shape index (κ2) is 7.26. The molecule has 1 aromatic heterocycles. The standard InChI is InChI=1S/C19H29N3O2/c1-13-7-8-17-16(9-13)14(12-22(17)6)10-15(11-20-5)21-18(23)24-19(2,3)4/h7-9,12,15,20H,10-11H2,1-6H3,(H,21,23). The van der Waals surface area contributed by atoms with Crippen LogP contribution in [0.1, 0.15) is 31.9 Å². The van der Waals surface area contributed by atoms with Crippen molar-refractivity contribution in [3.05, 3.63) is 35.5 Å². The smallest absolute Gasteiger partial charge is 0.407 e. The number of carbonyl (C=O) groups excluding carboxylic acids is 1. The third kappa shape index (κ3) is 4.74. The first-order chi connectivity index (χ1) is 11.2. The number of likely N-dealkylation sites (N-methyl/N-ethyl adjacent to an activating group) is 1. The predicted octanol–water partition coefficient (Wildman–Crippen LogP) is 3.14. The third-order valence-electron chi connectivity index (χ3n) is 3.87. The summed E-state index contributed by atoms with van der Waals surface area (Å²) in [4.78, 5) is 12.1. The lowest BCUT2D eigenvalue weighted by molar-refractivity contribution is 0.0504. The van der Waals surface area contributed by atoms with Gasteiger partial charge in [-0.1, -0.05) is 11.6 Å². The molecule has 0 saturated carbocycles. The van der Waals surface area contributed by atoms with Gasteiger partial charge in [0.25, 0.3) is 0 Å². The van der Waals surface area contributed by atoms with Crippen LogP contribution < -0.4 is 10.6 Å². The number of ether oxygens (including phenoxy) is 1. The van der Waals surface area contributed by atoms with Crippen molar-refractivity contribution in [2.24, 2.45) is 7.05 Å². The molecular formula is C19H29N3O2. The van der Waals surface area contributed by atoms with E-state index in [0.717, 1.165) is 6.42 Å². The molecule has 1 heterocycles. The molecule has 0 radical (unpaired) electrons. The molecule has 1 aromatic carbocycles. The Morgan fingerprint density at radius 1 is 1.33 bits per heavy atom. The van der Waals surface area contributed by atoms with Crippen molar-refractivity contribution in [1.29, 1.82) is 0 Å². The summed E-state index contributed by atoms with van der Waals surface area (Å²) in [7, 11) is 3.94. The van der Waals surface area contributed by atoms with Gasteiger partial charge in [-0.15, -0.1) is 0 Å². The monoisotopic (exact) mass is 331 g/mol. The number of carbonyl (C=O) groups is 1. The summed E-state index contributed by atoms with van der Waals surface area (Å²) >= 11 is 0. The highest BCUT2D eigenvalue weighted by Crippen LogP contribution is 2.23. The van der Waals surface area contributed by atoms with Crippen LogP contribution in [0.2, 0.25) is 0 Å². The van der Waals surface area contributed by atoms with Crippen LogP contribution in [-0.4, -0.2) is 35.9 Å². The Morgan fingerprint density at radius 3 is 2.67 bits per heavy atom. The summed E-state index contributed by atoms with van der Waals surface area (Å²) in [5.74, 6) is 0. The van der Waals surface area contributed by atoms with E-state index in [1.54, 1.807) is 0 Å². The van der Waals surface area contributed by atoms with Gasteiger partial charge in [-0.25, -0.2) is 4.79 Å². The Balaban J connectivity index is 2.19. The Labute approximate surface area is 144 Å². The SMILES string of the molecule is CNCC(Cc1cn(C)c2ccc(C)cc12)NC(=O)OC(C)(C)C. The number of fused-ring (bicyclic) bond motifs is 1. The summed E-state index contributed by atoms with van der Waals surface area (Å²) in [6.45, 7) is 8.38. The molecule has 0 aliphatic carbocycles. The highest BCUT2D eigenvalue weighted by Gasteiger charge is 2.20. The molecule has 0 saturated heterocycles. The maximum Gasteiger partial charge on any atom is 0.407 e. The molecule has 5 nitrogen and oxygen atoms in total. The molecule has 132 valence electrons. The average Bonchev–Trinajstić information content (AvgIpc) is 2.72. The maximum absolute atomic E-state index is 12.1. The van der Waals surface area contributed by atoms with Crippen LogP contribution in [0, 0.1) is 6.92 Å². The van der Waals surface area contributed by atoms with Crippen LogP contribution in [-0.2, 0) is 18.2 Å². The van der Waals surface area contributed by atoms with Crippen LogP contribution in [0.3, 0.4) is 0 Å². The van der Waals surface area contributed by atoms with Gasteiger partial charge in [0.1, 0.15) is 5.60 Å². The number of alkyl carbamates (subject to hydrolysis) is 1. The van der Waals surface area contributed by atoms with Crippen molar-refractivity contribution in [3.8, 4) is 0 Å². The van der Waals surface area contributed by atoms with Gasteiger partial charge in [0.15, 0.2) is 0 Å². The van der Waals surface area contributed by atoms with Gasteiger partial charge in [-0.3, -0.25) is 0 Å². The zero-order chi connectivity index (χ0) is 17.9. The number of rotatable bonds is 5. The predicted molar refractivity (Wildman–Crippen MR) is 98.4 cm³/mol. The van der Waals surface area contributed by atoms with Crippen molar-refractivity contribution in [1.82, 2.24) is 15.2 Å². The lowest BCUT2D eigenvalue weighted by atomic mass is 10.0. The summed E-state index contributed by atoms with van der Waals surface area (Å²) in [6, 6.07) is 6.43. The first kappa shape index (κ1) is 18.3. The van der Waals surface area contributed by atoms with E-state index in [-0.39, 0.29) is 12.1 Å². The number of benzene rings is 1. The Hall–Kier alpha value is -2.01. The lowest BCUT2D eigenvalue weighted by Gasteiger charge is -2.23. The number of hydrogen-bond donors (Lipinski definition) is 2. The molecule has 0 aliphatic heterocycles. The summed E-state index contributed by atoms with van der Waals surface area (Å²) in [6.07, 6.45) is 2.52. The molecule has 1 atom stereocenters. The van der Waals surface area contributed by atoms with Crippen LogP contribution >= 0.6 is 0 Å². The number of aryl methyl sites for hydroxylation is 2. The van der Waals surface area contributed by atoms with Crippen LogP contribution in [0.4, 0.5) is 4.79 Å². The van der Waals surface area contributed by atoms with Crippen molar-refractivity contribution in [2.45, 2.75) is 45.8 Å². The third-order valence-corrected chi connectivity index (χ3v) is 3.87. The van der Waals surface area contributed by atoms with Crippen molar-refractivity contribution in [3.63, 3.8) is 0 Å². The van der Waals surface area contributed by atoms with E-state index in [1.165, 1.54) is 22.0 Å². The molecule has 24 heavy (non-hydrogen) atoms. The van der Waals surface area contributed by atoms with Gasteiger partial charge >= 0.3 is 6.09 Å². The molecule has 2 aromatic rings. The number of aromatic nitrogens is 1. The summed E-state index contributed by atoms with van der Waals surface area (Å²) in [5, 5.41) is 7.36. The van der Waals surface area contributed by atoms with E-state index >= 15 is 0 Å². The second-order valence-electron chi connectivity index (χ2n) is 7.39. The molecule has 2 N–H and O–H groups in total. The highest BCUT2D eigenvalue weighted by atomic mass is 16.6. The van der Waals surface area contributed by atoms with E-state index in [2.05, 4.69) is 53.6 Å². The normalized spacial score (nSPS) is 13.1. The highest BCUT2D eigenvalue weighted by molar-refractivity contribution is 5.84. The number of nitrogens with one attached hydrogen (secondary N) is 2. The number of hydrogen-bond acceptors (Lipinski definition) is 3. The largest absolute Gasteiger partial charge is 0.444 e. The van der Waals surface area contributed by atoms with Gasteiger partial charge < -0.3 is 19.9 Å². The fraction of sp³-hybridized carbons (Fsp3) is 0.526.